The maximum Gasteiger partial charge on any atom is 0.148 e. The molecule has 5 nitrogen and oxygen atoms in total. The molecule has 0 aromatic carbocycles. The zero-order valence-electron chi connectivity index (χ0n) is 10.7. The van der Waals surface area contributed by atoms with Crippen LogP contribution < -0.4 is 5.32 Å². The van der Waals surface area contributed by atoms with Crippen LogP contribution in [0.25, 0.3) is 0 Å². The Morgan fingerprint density at radius 2 is 2.24 bits per heavy atom. The van der Waals surface area contributed by atoms with E-state index in [1.165, 1.54) is 6.26 Å². The van der Waals surface area contributed by atoms with Gasteiger partial charge in [-0.15, -0.1) is 0 Å². The van der Waals surface area contributed by atoms with Gasteiger partial charge in [-0.2, -0.15) is 5.10 Å². The fraction of sp³-hybridized carbons (Fsp3) is 0.727. The molecule has 0 radical (unpaired) electrons. The number of nitrogens with one attached hydrogen (secondary N) is 1. The molecule has 17 heavy (non-hydrogen) atoms. The van der Waals surface area contributed by atoms with Crippen LogP contribution in [0.5, 0.6) is 0 Å². The summed E-state index contributed by atoms with van der Waals surface area (Å²) in [6.45, 7) is 2.90. The summed E-state index contributed by atoms with van der Waals surface area (Å²) >= 11 is 0. The summed E-state index contributed by atoms with van der Waals surface area (Å²) in [7, 11) is -1.10. The molecular weight excluding hydrogens is 238 g/mol. The topological polar surface area (TPSA) is 64.0 Å². The van der Waals surface area contributed by atoms with Crippen molar-refractivity contribution in [2.45, 2.75) is 25.8 Å². The van der Waals surface area contributed by atoms with E-state index >= 15 is 0 Å². The molecule has 0 bridgehead atoms. The zero-order chi connectivity index (χ0) is 12.9. The van der Waals surface area contributed by atoms with Crippen LogP contribution in [0.3, 0.4) is 0 Å². The Morgan fingerprint density at radius 1 is 1.53 bits per heavy atom. The number of nitrogens with zero attached hydrogens (tertiary/aromatic N) is 2. The lowest BCUT2D eigenvalue weighted by Crippen LogP contribution is -2.37. The third-order valence-electron chi connectivity index (χ3n) is 2.43. The predicted molar refractivity (Wildman–Crippen MR) is 68.7 cm³/mol. The Hall–Kier alpha value is -0.880. The fourth-order valence-corrected chi connectivity index (χ4v) is 2.73. The van der Waals surface area contributed by atoms with Gasteiger partial charge in [0.2, 0.25) is 0 Å². The Balaban J connectivity index is 2.63. The second-order valence-electron chi connectivity index (χ2n) is 4.47. The number of aromatic nitrogens is 2. The van der Waals surface area contributed by atoms with Gasteiger partial charge in [-0.1, -0.05) is 6.92 Å². The molecule has 0 spiro atoms. The highest BCUT2D eigenvalue weighted by atomic mass is 32.2. The van der Waals surface area contributed by atoms with Crippen molar-refractivity contribution < 1.29 is 8.42 Å². The van der Waals surface area contributed by atoms with Crippen LogP contribution >= 0.6 is 0 Å². The average Bonchev–Trinajstić information content (AvgIpc) is 2.58. The highest BCUT2D eigenvalue weighted by Crippen LogP contribution is 2.04. The molecule has 1 unspecified atom stereocenters. The molecule has 0 amide bonds. The van der Waals surface area contributed by atoms with Gasteiger partial charge >= 0.3 is 0 Å². The van der Waals surface area contributed by atoms with Gasteiger partial charge in [0.05, 0.1) is 11.9 Å². The molecule has 0 fully saturated rings. The molecule has 0 saturated heterocycles. The molecule has 1 aromatic heterocycles. The minimum atomic E-state index is -2.96. The van der Waals surface area contributed by atoms with Crippen molar-refractivity contribution in [3.63, 3.8) is 0 Å². The lowest BCUT2D eigenvalue weighted by molar-refractivity contribution is 0.530. The van der Waals surface area contributed by atoms with Crippen LogP contribution in [0.4, 0.5) is 0 Å². The lowest BCUT2D eigenvalue weighted by atomic mass is 10.1. The summed E-state index contributed by atoms with van der Waals surface area (Å²) in [4.78, 5) is 0. The van der Waals surface area contributed by atoms with Crippen molar-refractivity contribution in [3.05, 3.63) is 18.0 Å². The normalized spacial score (nSPS) is 13.8. The molecule has 1 rings (SSSR count). The van der Waals surface area contributed by atoms with Gasteiger partial charge in [-0.25, -0.2) is 8.42 Å². The Bertz CT molecular complexity index is 439. The van der Waals surface area contributed by atoms with E-state index in [1.54, 1.807) is 10.9 Å². The Morgan fingerprint density at radius 3 is 2.71 bits per heavy atom. The number of aryl methyl sites for hydroxylation is 1. The van der Waals surface area contributed by atoms with Crippen LogP contribution in [-0.2, 0) is 23.3 Å². The Labute approximate surface area is 103 Å². The maximum absolute atomic E-state index is 11.3. The van der Waals surface area contributed by atoms with E-state index in [9.17, 15) is 8.42 Å². The van der Waals surface area contributed by atoms with Crippen LogP contribution in [0.2, 0.25) is 0 Å². The number of rotatable bonds is 7. The van der Waals surface area contributed by atoms with Gasteiger partial charge in [-0.05, 0) is 24.9 Å². The van der Waals surface area contributed by atoms with Gasteiger partial charge in [0.1, 0.15) is 9.84 Å². The second kappa shape index (κ2) is 6.16. The van der Waals surface area contributed by atoms with Crippen LogP contribution in [0, 0.1) is 0 Å². The van der Waals surface area contributed by atoms with Gasteiger partial charge in [0.25, 0.3) is 0 Å². The van der Waals surface area contributed by atoms with Crippen molar-refractivity contribution in [1.29, 1.82) is 0 Å². The number of hydrogen-bond donors (Lipinski definition) is 1. The van der Waals surface area contributed by atoms with Crippen molar-refractivity contribution in [2.75, 3.05) is 18.6 Å². The summed E-state index contributed by atoms with van der Waals surface area (Å²) in [5.41, 5.74) is 1.06. The second-order valence-corrected chi connectivity index (χ2v) is 6.65. The number of sulfone groups is 1. The molecule has 6 heteroatoms. The molecule has 0 aliphatic rings. The Kier molecular flexibility index (Phi) is 5.14. The molecule has 1 heterocycles. The van der Waals surface area contributed by atoms with Gasteiger partial charge in [0.15, 0.2) is 0 Å². The first-order valence-electron chi connectivity index (χ1n) is 5.79. The van der Waals surface area contributed by atoms with E-state index < -0.39 is 9.84 Å². The van der Waals surface area contributed by atoms with E-state index in [0.29, 0.717) is 6.42 Å². The lowest BCUT2D eigenvalue weighted by Gasteiger charge is -2.16. The van der Waals surface area contributed by atoms with Crippen molar-refractivity contribution >= 4 is 9.84 Å². The van der Waals surface area contributed by atoms with E-state index in [2.05, 4.69) is 17.3 Å². The number of hydrogen-bond acceptors (Lipinski definition) is 4. The van der Waals surface area contributed by atoms with Crippen molar-refractivity contribution in [3.8, 4) is 0 Å². The first kappa shape index (κ1) is 14.2. The van der Waals surface area contributed by atoms with Crippen molar-refractivity contribution in [2.24, 2.45) is 7.05 Å². The molecular formula is C11H21N3O2S. The van der Waals surface area contributed by atoms with E-state index in [4.69, 9.17) is 0 Å². The first-order chi connectivity index (χ1) is 7.90. The van der Waals surface area contributed by atoms with Crippen LogP contribution in [0.1, 0.15) is 18.9 Å². The van der Waals surface area contributed by atoms with Crippen molar-refractivity contribution in [1.82, 2.24) is 15.1 Å². The van der Waals surface area contributed by atoms with E-state index in [1.807, 2.05) is 13.2 Å². The molecule has 0 aliphatic carbocycles. The van der Waals surface area contributed by atoms with Crippen LogP contribution in [-0.4, -0.2) is 42.8 Å². The minimum absolute atomic E-state index is 0.0332. The summed E-state index contributed by atoms with van der Waals surface area (Å²) in [5.74, 6) is 0.169. The average molecular weight is 259 g/mol. The SMILES string of the molecule is CCCNC(Cc1cnn(C)c1)CS(C)(=O)=O. The quantitative estimate of drug-likeness (QED) is 0.768. The standard InChI is InChI=1S/C11H21N3O2S/c1-4-5-12-11(9-17(3,15)16)6-10-7-13-14(2)8-10/h7-8,11-12H,4-6,9H2,1-3H3. The molecule has 0 aliphatic heterocycles. The largest absolute Gasteiger partial charge is 0.313 e. The fourth-order valence-electron chi connectivity index (χ4n) is 1.77. The first-order valence-corrected chi connectivity index (χ1v) is 7.85. The predicted octanol–water partition coefficient (Wildman–Crippen LogP) is 0.375. The van der Waals surface area contributed by atoms with E-state index in [-0.39, 0.29) is 11.8 Å². The maximum atomic E-state index is 11.3. The highest BCUT2D eigenvalue weighted by Gasteiger charge is 2.15. The summed E-state index contributed by atoms with van der Waals surface area (Å²) < 4.78 is 24.4. The molecule has 1 atom stereocenters. The summed E-state index contributed by atoms with van der Waals surface area (Å²) in [5, 5.41) is 7.35. The van der Waals surface area contributed by atoms with Gasteiger partial charge < -0.3 is 5.32 Å². The molecule has 98 valence electrons. The van der Waals surface area contributed by atoms with E-state index in [0.717, 1.165) is 18.5 Å². The monoisotopic (exact) mass is 259 g/mol. The third-order valence-corrected chi connectivity index (χ3v) is 3.44. The summed E-state index contributed by atoms with van der Waals surface area (Å²) in [6, 6.07) is -0.0332. The molecule has 1 N–H and O–H groups in total. The van der Waals surface area contributed by atoms with Gasteiger partial charge in [-0.3, -0.25) is 4.68 Å². The smallest absolute Gasteiger partial charge is 0.148 e. The highest BCUT2D eigenvalue weighted by molar-refractivity contribution is 7.90. The molecule has 1 aromatic rings. The minimum Gasteiger partial charge on any atom is -0.313 e. The van der Waals surface area contributed by atoms with Crippen LogP contribution in [0.15, 0.2) is 12.4 Å². The summed E-state index contributed by atoms with van der Waals surface area (Å²) in [6.07, 6.45) is 6.66. The molecule has 0 saturated carbocycles. The third kappa shape index (κ3) is 5.83. The zero-order valence-corrected chi connectivity index (χ0v) is 11.5. The van der Waals surface area contributed by atoms with Gasteiger partial charge in [0, 0.05) is 25.5 Å².